The molecule has 0 heterocycles. The van der Waals surface area contributed by atoms with Gasteiger partial charge in [-0.3, -0.25) is 0 Å². The predicted molar refractivity (Wildman–Crippen MR) is 81.2 cm³/mol. The number of hydrogen-bond donors (Lipinski definition) is 1. The summed E-state index contributed by atoms with van der Waals surface area (Å²) in [5.74, 6) is 1.24. The van der Waals surface area contributed by atoms with Gasteiger partial charge in [0.25, 0.3) is 0 Å². The first-order valence-electron chi connectivity index (χ1n) is 6.86. The summed E-state index contributed by atoms with van der Waals surface area (Å²) >= 11 is 0. The summed E-state index contributed by atoms with van der Waals surface area (Å²) in [5, 5.41) is 3.10. The fourth-order valence-electron chi connectivity index (χ4n) is 2.03. The van der Waals surface area contributed by atoms with Crippen molar-refractivity contribution in [3.63, 3.8) is 0 Å². The van der Waals surface area contributed by atoms with Crippen molar-refractivity contribution in [1.29, 1.82) is 0 Å². The molecule has 2 aromatic rings. The Kier molecular flexibility index (Phi) is 5.17. The van der Waals surface area contributed by atoms with Crippen molar-refractivity contribution in [2.75, 3.05) is 14.2 Å². The number of ether oxygens (including phenoxy) is 2. The Balaban J connectivity index is 2.11. The molecule has 112 valence electrons. The Morgan fingerprint density at radius 1 is 1.14 bits per heavy atom. The van der Waals surface area contributed by atoms with E-state index in [1.807, 2.05) is 38.2 Å². The van der Waals surface area contributed by atoms with Gasteiger partial charge in [0, 0.05) is 11.6 Å². The minimum absolute atomic E-state index is 0.0200. The van der Waals surface area contributed by atoms with Crippen LogP contribution in [0.2, 0.25) is 0 Å². The first-order valence-corrected chi connectivity index (χ1v) is 6.86. The lowest BCUT2D eigenvalue weighted by atomic mass is 10.1. The van der Waals surface area contributed by atoms with Gasteiger partial charge >= 0.3 is 0 Å². The molecule has 0 aliphatic rings. The maximum absolute atomic E-state index is 13.4. The van der Waals surface area contributed by atoms with Crippen molar-refractivity contribution in [2.24, 2.45) is 0 Å². The molecule has 1 unspecified atom stereocenters. The number of methoxy groups -OCH3 is 1. The van der Waals surface area contributed by atoms with E-state index in [2.05, 4.69) is 5.32 Å². The molecule has 21 heavy (non-hydrogen) atoms. The van der Waals surface area contributed by atoms with Gasteiger partial charge in [-0.15, -0.1) is 0 Å². The van der Waals surface area contributed by atoms with Gasteiger partial charge in [0.05, 0.1) is 7.11 Å². The van der Waals surface area contributed by atoms with Gasteiger partial charge in [-0.05, 0) is 49.9 Å². The molecule has 0 aromatic heterocycles. The highest BCUT2D eigenvalue weighted by atomic mass is 19.1. The minimum Gasteiger partial charge on any atom is -0.497 e. The van der Waals surface area contributed by atoms with E-state index in [-0.39, 0.29) is 11.9 Å². The topological polar surface area (TPSA) is 30.5 Å². The number of benzene rings is 2. The van der Waals surface area contributed by atoms with Crippen molar-refractivity contribution in [3.8, 4) is 11.5 Å². The molecule has 0 spiro atoms. The summed E-state index contributed by atoms with van der Waals surface area (Å²) in [6.07, 6.45) is 0. The summed E-state index contributed by atoms with van der Waals surface area (Å²) in [7, 11) is 3.47. The number of rotatable bonds is 6. The van der Waals surface area contributed by atoms with Gasteiger partial charge in [0.15, 0.2) is 0 Å². The molecular formula is C17H20FNO2. The third kappa shape index (κ3) is 3.95. The minimum atomic E-state index is -0.260. The first-order chi connectivity index (χ1) is 10.1. The van der Waals surface area contributed by atoms with Gasteiger partial charge < -0.3 is 14.8 Å². The van der Waals surface area contributed by atoms with Crippen molar-refractivity contribution < 1.29 is 13.9 Å². The van der Waals surface area contributed by atoms with Gasteiger partial charge in [-0.1, -0.05) is 12.1 Å². The lowest BCUT2D eigenvalue weighted by molar-refractivity contribution is 0.299. The van der Waals surface area contributed by atoms with Gasteiger partial charge in [0.2, 0.25) is 0 Å². The molecule has 3 nitrogen and oxygen atoms in total. The number of halogens is 1. The molecule has 0 bridgehead atoms. The summed E-state index contributed by atoms with van der Waals surface area (Å²) in [4.78, 5) is 0. The summed E-state index contributed by atoms with van der Waals surface area (Å²) in [6.45, 7) is 2.40. The highest BCUT2D eigenvalue weighted by molar-refractivity contribution is 5.36. The van der Waals surface area contributed by atoms with Crippen LogP contribution in [-0.4, -0.2) is 14.2 Å². The largest absolute Gasteiger partial charge is 0.497 e. The summed E-state index contributed by atoms with van der Waals surface area (Å²) in [5.41, 5.74) is 1.84. The molecule has 2 rings (SSSR count). The average Bonchev–Trinajstić information content (AvgIpc) is 2.53. The zero-order chi connectivity index (χ0) is 15.2. The zero-order valence-electron chi connectivity index (χ0n) is 12.5. The second kappa shape index (κ2) is 7.09. The van der Waals surface area contributed by atoms with E-state index in [0.717, 1.165) is 16.9 Å². The molecular weight excluding hydrogens is 269 g/mol. The van der Waals surface area contributed by atoms with Crippen LogP contribution in [0, 0.1) is 5.82 Å². The van der Waals surface area contributed by atoms with E-state index in [1.54, 1.807) is 13.2 Å². The second-order valence-corrected chi connectivity index (χ2v) is 4.83. The van der Waals surface area contributed by atoms with Crippen LogP contribution in [0.25, 0.3) is 0 Å². The average molecular weight is 289 g/mol. The van der Waals surface area contributed by atoms with Crippen LogP contribution in [-0.2, 0) is 6.61 Å². The SMILES string of the molecule is CNC(C)c1cc(F)ccc1OCc1ccc(OC)cc1. The molecule has 2 aromatic carbocycles. The van der Waals surface area contributed by atoms with E-state index < -0.39 is 0 Å². The lowest BCUT2D eigenvalue weighted by Crippen LogP contribution is -2.14. The van der Waals surface area contributed by atoms with Crippen molar-refractivity contribution in [2.45, 2.75) is 19.6 Å². The van der Waals surface area contributed by atoms with Gasteiger partial charge in [0.1, 0.15) is 23.9 Å². The molecule has 0 radical (unpaired) electrons. The summed E-state index contributed by atoms with van der Waals surface area (Å²) in [6, 6.07) is 12.3. The molecule has 1 atom stereocenters. The van der Waals surface area contributed by atoms with Crippen LogP contribution < -0.4 is 14.8 Å². The third-order valence-electron chi connectivity index (χ3n) is 3.42. The van der Waals surface area contributed by atoms with E-state index in [0.29, 0.717) is 12.4 Å². The fourth-order valence-corrected chi connectivity index (χ4v) is 2.03. The molecule has 0 fully saturated rings. The lowest BCUT2D eigenvalue weighted by Gasteiger charge is -2.16. The fraction of sp³-hybridized carbons (Fsp3) is 0.294. The van der Waals surface area contributed by atoms with E-state index >= 15 is 0 Å². The second-order valence-electron chi connectivity index (χ2n) is 4.83. The highest BCUT2D eigenvalue weighted by Crippen LogP contribution is 2.26. The molecule has 0 aliphatic carbocycles. The monoisotopic (exact) mass is 289 g/mol. The van der Waals surface area contributed by atoms with Gasteiger partial charge in [-0.25, -0.2) is 4.39 Å². The normalized spacial score (nSPS) is 12.0. The maximum atomic E-state index is 13.4. The number of hydrogen-bond acceptors (Lipinski definition) is 3. The Bertz CT molecular complexity index is 584. The maximum Gasteiger partial charge on any atom is 0.124 e. The van der Waals surface area contributed by atoms with Crippen LogP contribution in [0.5, 0.6) is 11.5 Å². The first kappa shape index (κ1) is 15.3. The van der Waals surface area contributed by atoms with Crippen molar-refractivity contribution in [1.82, 2.24) is 5.32 Å². The standard InChI is InChI=1S/C17H20FNO2/c1-12(19-2)16-10-14(18)6-9-17(16)21-11-13-4-7-15(20-3)8-5-13/h4-10,12,19H,11H2,1-3H3. The quantitative estimate of drug-likeness (QED) is 0.879. The summed E-state index contributed by atoms with van der Waals surface area (Å²) < 4.78 is 24.3. The van der Waals surface area contributed by atoms with E-state index in [4.69, 9.17) is 9.47 Å². The molecule has 0 saturated carbocycles. The molecule has 0 aliphatic heterocycles. The molecule has 1 N–H and O–H groups in total. The predicted octanol–water partition coefficient (Wildman–Crippen LogP) is 3.69. The van der Waals surface area contributed by atoms with E-state index in [9.17, 15) is 4.39 Å². The third-order valence-corrected chi connectivity index (χ3v) is 3.42. The molecule has 4 heteroatoms. The smallest absolute Gasteiger partial charge is 0.124 e. The number of nitrogens with one attached hydrogen (secondary N) is 1. The van der Waals surface area contributed by atoms with Crippen molar-refractivity contribution >= 4 is 0 Å². The zero-order valence-corrected chi connectivity index (χ0v) is 12.5. The Morgan fingerprint density at radius 2 is 1.86 bits per heavy atom. The van der Waals surface area contributed by atoms with Crippen molar-refractivity contribution in [3.05, 3.63) is 59.4 Å². The Hall–Kier alpha value is -2.07. The van der Waals surface area contributed by atoms with Crippen LogP contribution in [0.1, 0.15) is 24.1 Å². The van der Waals surface area contributed by atoms with Crippen LogP contribution in [0.4, 0.5) is 4.39 Å². The highest BCUT2D eigenvalue weighted by Gasteiger charge is 2.11. The van der Waals surface area contributed by atoms with Crippen LogP contribution in [0.3, 0.4) is 0 Å². The Morgan fingerprint density at radius 3 is 2.48 bits per heavy atom. The van der Waals surface area contributed by atoms with Gasteiger partial charge in [-0.2, -0.15) is 0 Å². The van der Waals surface area contributed by atoms with Crippen LogP contribution >= 0.6 is 0 Å². The van der Waals surface area contributed by atoms with Crippen LogP contribution in [0.15, 0.2) is 42.5 Å². The Labute approximate surface area is 124 Å². The van der Waals surface area contributed by atoms with E-state index in [1.165, 1.54) is 12.1 Å². The molecule has 0 saturated heterocycles. The molecule has 0 amide bonds.